The Morgan fingerprint density at radius 1 is 0.552 bits per heavy atom. The number of fused-ring (bicyclic) bond motifs is 7. The van der Waals surface area contributed by atoms with Gasteiger partial charge < -0.3 is 14.2 Å². The lowest BCUT2D eigenvalue weighted by Crippen LogP contribution is -2.61. The fraction of sp³-hybridized carbons (Fsp3) is 0.481. The molecule has 0 radical (unpaired) electrons. The Bertz CT molecular complexity index is 2510. The summed E-state index contributed by atoms with van der Waals surface area (Å²) >= 11 is 0. The maximum atomic E-state index is 7.65. The van der Waals surface area contributed by atoms with E-state index in [1.165, 1.54) is 103 Å². The van der Waals surface area contributed by atoms with Gasteiger partial charge in [0.05, 0.1) is 11.3 Å². The van der Waals surface area contributed by atoms with Gasteiger partial charge in [-0.25, -0.2) is 0 Å². The van der Waals surface area contributed by atoms with Crippen molar-refractivity contribution in [3.8, 4) is 0 Å². The first-order chi connectivity index (χ1) is 26.8. The van der Waals surface area contributed by atoms with E-state index in [9.17, 15) is 0 Å². The van der Waals surface area contributed by atoms with E-state index in [1.807, 2.05) is 0 Å². The Kier molecular flexibility index (Phi) is 8.27. The van der Waals surface area contributed by atoms with E-state index < -0.39 is 0 Å². The molecular formula is C54H67BN2O. The van der Waals surface area contributed by atoms with E-state index in [-0.39, 0.29) is 39.2 Å². The van der Waals surface area contributed by atoms with E-state index in [0.717, 1.165) is 18.5 Å². The number of anilines is 6. The number of hydrogen-bond acceptors (Lipinski definition) is 3. The van der Waals surface area contributed by atoms with Gasteiger partial charge in [-0.1, -0.05) is 127 Å². The number of hydrogen-bond donors (Lipinski definition) is 0. The topological polar surface area (TPSA) is 19.6 Å². The number of aryl methyl sites for hydroxylation is 2. The molecule has 0 fully saturated rings. The normalized spacial score (nSPS) is 19.6. The van der Waals surface area contributed by atoms with Crippen LogP contribution in [-0.2, 0) is 32.5 Å². The highest BCUT2D eigenvalue weighted by molar-refractivity contribution is 6.99. The molecule has 2 aliphatic carbocycles. The van der Waals surface area contributed by atoms with Crippen LogP contribution in [0.1, 0.15) is 167 Å². The van der Waals surface area contributed by atoms with Crippen molar-refractivity contribution in [3.63, 3.8) is 0 Å². The molecule has 4 aromatic carbocycles. The molecule has 0 spiro atoms. The Morgan fingerprint density at radius 3 is 1.69 bits per heavy atom. The molecule has 302 valence electrons. The minimum absolute atomic E-state index is 0.0126. The van der Waals surface area contributed by atoms with Gasteiger partial charge >= 0.3 is 0 Å². The molecule has 3 heterocycles. The summed E-state index contributed by atoms with van der Waals surface area (Å²) in [7, 11) is 0. The van der Waals surface area contributed by atoms with Crippen LogP contribution in [0.3, 0.4) is 0 Å². The molecule has 2 aliphatic heterocycles. The van der Waals surface area contributed by atoms with E-state index in [4.69, 9.17) is 4.42 Å². The first-order valence-electron chi connectivity index (χ1n) is 22.1. The third-order valence-corrected chi connectivity index (χ3v) is 15.0. The van der Waals surface area contributed by atoms with Crippen LogP contribution in [0, 0.1) is 13.8 Å². The predicted octanol–water partition coefficient (Wildman–Crippen LogP) is 13.3. The van der Waals surface area contributed by atoms with Gasteiger partial charge in [0, 0.05) is 39.4 Å². The molecule has 0 saturated carbocycles. The van der Waals surface area contributed by atoms with Crippen LogP contribution in [0.15, 0.2) is 71.1 Å². The average Bonchev–Trinajstić information content (AvgIpc) is 3.54. The lowest BCUT2D eigenvalue weighted by molar-refractivity contribution is 0.282. The first kappa shape index (κ1) is 39.3. The van der Waals surface area contributed by atoms with Crippen molar-refractivity contribution in [2.75, 3.05) is 9.80 Å². The Hall–Kier alpha value is -4.18. The maximum absolute atomic E-state index is 7.65. The largest absolute Gasteiger partial charge is 0.472 e. The summed E-state index contributed by atoms with van der Waals surface area (Å²) in [6, 6.07) is 26.7. The van der Waals surface area contributed by atoms with Gasteiger partial charge in [0.2, 0.25) is 0 Å². The Labute approximate surface area is 350 Å². The standard InChI is InChI=1S/C54H67BN2O/c1-32-27-42-45-43(28-32)57(41-31-38-37(29-33(41)2)51(9,10)23-24-52(38,11)12)46-44-47(54(15,16)26-25-53(44,13)14)58-48(46)55(45)39-30-35(50(6,7)8)19-22-40(39)56(42)36-20-17-34(18-21-36)49(3,4)5/h17-22,27-31H,23-26H2,1-16H3. The van der Waals surface area contributed by atoms with Gasteiger partial charge in [-0.15, -0.1) is 0 Å². The van der Waals surface area contributed by atoms with Crippen molar-refractivity contribution >= 4 is 57.4 Å². The number of rotatable bonds is 2. The van der Waals surface area contributed by atoms with Crippen molar-refractivity contribution < 1.29 is 4.42 Å². The van der Waals surface area contributed by atoms with Crippen LogP contribution in [0.2, 0.25) is 0 Å². The molecule has 0 bridgehead atoms. The molecule has 0 atom stereocenters. The van der Waals surface area contributed by atoms with Gasteiger partial charge in [-0.3, -0.25) is 0 Å². The van der Waals surface area contributed by atoms with E-state index in [0.29, 0.717) is 0 Å². The quantitative estimate of drug-likeness (QED) is 0.163. The monoisotopic (exact) mass is 771 g/mol. The average molecular weight is 771 g/mol. The zero-order chi connectivity index (χ0) is 41.9. The summed E-state index contributed by atoms with van der Waals surface area (Å²) in [6.45, 7) is 38.1. The second-order valence-electron chi connectivity index (χ2n) is 23.4. The molecule has 5 aromatic rings. The van der Waals surface area contributed by atoms with Gasteiger partial charge in [0.25, 0.3) is 6.71 Å². The van der Waals surface area contributed by atoms with Crippen LogP contribution < -0.4 is 26.4 Å². The van der Waals surface area contributed by atoms with Crippen molar-refractivity contribution in [1.82, 2.24) is 0 Å². The molecule has 1 aromatic heterocycles. The second kappa shape index (κ2) is 12.2. The highest BCUT2D eigenvalue weighted by Gasteiger charge is 2.53. The Morgan fingerprint density at radius 2 is 1.09 bits per heavy atom. The molecule has 0 amide bonds. The molecule has 4 aliphatic rings. The molecule has 4 heteroatoms. The van der Waals surface area contributed by atoms with Gasteiger partial charge in [0.15, 0.2) is 0 Å². The summed E-state index contributed by atoms with van der Waals surface area (Å²) in [6.07, 6.45) is 4.61. The fourth-order valence-electron chi connectivity index (χ4n) is 11.0. The summed E-state index contributed by atoms with van der Waals surface area (Å²) in [4.78, 5) is 5.25. The lowest BCUT2D eigenvalue weighted by atomic mass is 9.35. The zero-order valence-electron chi connectivity index (χ0n) is 38.6. The molecule has 58 heavy (non-hydrogen) atoms. The zero-order valence-corrected chi connectivity index (χ0v) is 38.6. The molecule has 3 nitrogen and oxygen atoms in total. The SMILES string of the molecule is Cc1cc2c3c(c1)N(c1cc4c(cc1C)C(C)(C)CCC4(C)C)c1c(oc4c1C(C)(C)CCC4(C)C)B3c1cc(C(C)(C)C)ccc1N2c1ccc(C(C)(C)C)cc1. The first-order valence-corrected chi connectivity index (χ1v) is 22.1. The van der Waals surface area contributed by atoms with Crippen molar-refractivity contribution in [2.45, 2.75) is 169 Å². The number of benzene rings is 4. The van der Waals surface area contributed by atoms with E-state index in [1.54, 1.807) is 0 Å². The summed E-state index contributed by atoms with van der Waals surface area (Å²) in [5.74, 6) is 1.18. The summed E-state index contributed by atoms with van der Waals surface area (Å²) in [5, 5.41) is 0. The summed E-state index contributed by atoms with van der Waals surface area (Å²) < 4.78 is 7.65. The van der Waals surface area contributed by atoms with E-state index in [2.05, 4.69) is 187 Å². The molecule has 9 rings (SSSR count). The van der Waals surface area contributed by atoms with Gasteiger partial charge in [-0.2, -0.15) is 0 Å². The third kappa shape index (κ3) is 5.73. The highest BCUT2D eigenvalue weighted by atomic mass is 16.3. The molecular weight excluding hydrogens is 703 g/mol. The van der Waals surface area contributed by atoms with Crippen LogP contribution in [-0.4, -0.2) is 6.71 Å². The lowest BCUT2D eigenvalue weighted by Gasteiger charge is -2.46. The van der Waals surface area contributed by atoms with Crippen molar-refractivity contribution in [3.05, 3.63) is 111 Å². The molecule has 0 N–H and O–H groups in total. The second-order valence-corrected chi connectivity index (χ2v) is 23.4. The maximum Gasteiger partial charge on any atom is 0.297 e. The predicted molar refractivity (Wildman–Crippen MR) is 250 cm³/mol. The Balaban J connectivity index is 1.42. The number of nitrogens with zero attached hydrogens (tertiary/aromatic N) is 2. The van der Waals surface area contributed by atoms with Gasteiger partial charge in [0.1, 0.15) is 5.76 Å². The van der Waals surface area contributed by atoms with Crippen molar-refractivity contribution in [1.29, 1.82) is 0 Å². The fourth-order valence-corrected chi connectivity index (χ4v) is 11.0. The van der Waals surface area contributed by atoms with Crippen LogP contribution >= 0.6 is 0 Å². The smallest absolute Gasteiger partial charge is 0.297 e. The molecule has 0 unspecified atom stereocenters. The minimum Gasteiger partial charge on any atom is -0.472 e. The highest BCUT2D eigenvalue weighted by Crippen LogP contribution is 2.56. The molecule has 0 saturated heterocycles. The number of furan rings is 1. The van der Waals surface area contributed by atoms with Crippen LogP contribution in [0.4, 0.5) is 34.1 Å². The minimum atomic E-state index is -0.0820. The van der Waals surface area contributed by atoms with Crippen LogP contribution in [0.5, 0.6) is 0 Å². The van der Waals surface area contributed by atoms with Crippen LogP contribution in [0.25, 0.3) is 0 Å². The third-order valence-electron chi connectivity index (χ3n) is 15.0. The summed E-state index contributed by atoms with van der Waals surface area (Å²) in [5.41, 5.74) is 21.1. The van der Waals surface area contributed by atoms with Crippen molar-refractivity contribution in [2.24, 2.45) is 0 Å². The van der Waals surface area contributed by atoms with Gasteiger partial charge in [-0.05, 0) is 147 Å². The van der Waals surface area contributed by atoms with E-state index >= 15 is 0 Å².